The zero-order valence-corrected chi connectivity index (χ0v) is 25.0. The quantitative estimate of drug-likeness (QED) is 0.233. The summed E-state index contributed by atoms with van der Waals surface area (Å²) >= 11 is 10.4. The van der Waals surface area contributed by atoms with Crippen LogP contribution in [0, 0.1) is 0 Å². The van der Waals surface area contributed by atoms with Crippen LogP contribution in [0.15, 0.2) is 80.2 Å². The van der Waals surface area contributed by atoms with Crippen LogP contribution in [0.3, 0.4) is 0 Å². The van der Waals surface area contributed by atoms with Crippen LogP contribution in [0.4, 0.5) is 0 Å². The first-order valence-corrected chi connectivity index (χ1v) is 15.1. The lowest BCUT2D eigenvalue weighted by molar-refractivity contribution is 0.0994. The lowest BCUT2D eigenvalue weighted by atomic mass is 9.71. The van der Waals surface area contributed by atoms with Gasteiger partial charge >= 0.3 is 0 Å². The molecule has 184 valence electrons. The number of hydrogen-bond acceptors (Lipinski definition) is 1. The van der Waals surface area contributed by atoms with Gasteiger partial charge in [0.2, 0.25) is 0 Å². The third-order valence-electron chi connectivity index (χ3n) is 7.61. The van der Waals surface area contributed by atoms with Gasteiger partial charge in [-0.1, -0.05) is 110 Å². The summed E-state index contributed by atoms with van der Waals surface area (Å²) < 4.78 is 3.45. The van der Waals surface area contributed by atoms with Crippen molar-refractivity contribution < 1.29 is 4.79 Å². The molecule has 3 aromatic rings. The average Bonchev–Trinajstić information content (AvgIpc) is 3.58. The number of fused-ring (bicyclic) bond motifs is 4. The maximum atomic E-state index is 11.2. The molecule has 0 aliphatic heterocycles. The maximum Gasteiger partial charge on any atom is 0.163 e. The monoisotopic (exact) mass is 666 g/mol. The van der Waals surface area contributed by atoms with Crippen LogP contribution < -0.4 is 0 Å². The summed E-state index contributed by atoms with van der Waals surface area (Å²) in [5.74, 6) is 0.285. The number of aryl methyl sites for hydroxylation is 1. The first kappa shape index (κ1) is 25.9. The summed E-state index contributed by atoms with van der Waals surface area (Å²) in [6.45, 7) is 0. The smallest absolute Gasteiger partial charge is 0.163 e. The largest absolute Gasteiger partial charge is 0.294 e. The van der Waals surface area contributed by atoms with Crippen molar-refractivity contribution in [3.63, 3.8) is 0 Å². The second kappa shape index (κ2) is 11.3. The van der Waals surface area contributed by atoms with E-state index >= 15 is 0 Å². The molecule has 1 saturated carbocycles. The van der Waals surface area contributed by atoms with E-state index < -0.39 is 0 Å². The molecule has 0 bridgehead atoms. The second-order valence-electron chi connectivity index (χ2n) is 9.96. The summed E-state index contributed by atoms with van der Waals surface area (Å²) in [5, 5.41) is 0. The minimum Gasteiger partial charge on any atom is -0.294 e. The Morgan fingerprint density at radius 3 is 2.11 bits per heavy atom. The number of halogens is 3. The highest BCUT2D eigenvalue weighted by Gasteiger charge is 2.35. The maximum absolute atomic E-state index is 11.2. The number of Topliss-reactive ketones (excluding diaryl/α,β-unsaturated/α-hetero) is 1. The topological polar surface area (TPSA) is 17.1 Å². The Bertz CT molecular complexity index is 1350. The summed E-state index contributed by atoms with van der Waals surface area (Å²) in [6, 6.07) is 18.9. The Kier molecular flexibility index (Phi) is 8.14. The lowest BCUT2D eigenvalue weighted by Crippen LogP contribution is -2.24. The molecule has 4 heteroatoms. The minimum absolute atomic E-state index is 0.285. The van der Waals surface area contributed by atoms with E-state index in [1.807, 2.05) is 18.2 Å². The predicted molar refractivity (Wildman–Crippen MR) is 162 cm³/mol. The van der Waals surface area contributed by atoms with E-state index in [2.05, 4.69) is 108 Å². The molecule has 3 aromatic carbocycles. The number of benzene rings is 3. The molecule has 1 nitrogen and oxygen atoms in total. The Labute approximate surface area is 239 Å². The highest BCUT2D eigenvalue weighted by atomic mass is 79.9. The van der Waals surface area contributed by atoms with Crippen LogP contribution in [0.1, 0.15) is 76.7 Å². The molecule has 36 heavy (non-hydrogen) atoms. The third-order valence-corrected chi connectivity index (χ3v) is 9.09. The first-order chi connectivity index (χ1) is 17.4. The Hall–Kier alpha value is -1.75. The minimum atomic E-state index is 0.285. The van der Waals surface area contributed by atoms with Gasteiger partial charge in [-0.15, -0.1) is 0 Å². The van der Waals surface area contributed by atoms with Gasteiger partial charge in [-0.25, -0.2) is 0 Å². The number of carbonyl (C=O) groups excluding carboxylic acids is 1. The molecule has 1 spiro atoms. The molecule has 0 N–H and O–H groups in total. The van der Waals surface area contributed by atoms with Gasteiger partial charge in [-0.05, 0) is 89.9 Å². The van der Waals surface area contributed by atoms with E-state index in [0.717, 1.165) is 22.9 Å². The van der Waals surface area contributed by atoms with E-state index in [0.29, 0.717) is 11.8 Å². The van der Waals surface area contributed by atoms with Gasteiger partial charge < -0.3 is 0 Å². The van der Waals surface area contributed by atoms with Crippen LogP contribution in [0.2, 0.25) is 0 Å². The number of ketones is 1. The third kappa shape index (κ3) is 5.71. The molecule has 0 radical (unpaired) electrons. The SMILES string of the molecule is Brc1ccc2c(c1)C1(C=C2)CCCCC1.Brc1ccc2c(c1)CC=C2.O=C1CCc2cc(Br)ccc21. The average molecular weight is 669 g/mol. The standard InChI is InChI=1S/C14H15Br.C9H7BrO.C9H7Br/c15-12-5-4-11-6-9-14(13(11)10-12)7-2-1-3-8-14;10-7-2-3-8-6(5-7)1-4-9(8)11;10-9-5-4-7-2-1-3-8(7)6-9/h4-6,9-10H,1-3,7-8H2;2-3,5H,1,4H2;1-2,4-6H,3H2. The molecule has 0 heterocycles. The Balaban J connectivity index is 0.000000114. The fourth-order valence-corrected chi connectivity index (χ4v) is 6.89. The van der Waals surface area contributed by atoms with Crippen molar-refractivity contribution in [2.24, 2.45) is 0 Å². The van der Waals surface area contributed by atoms with Gasteiger partial charge in [0.15, 0.2) is 5.78 Å². The van der Waals surface area contributed by atoms with Gasteiger partial charge in [-0.3, -0.25) is 4.79 Å². The highest BCUT2D eigenvalue weighted by Crippen LogP contribution is 2.47. The van der Waals surface area contributed by atoms with E-state index in [9.17, 15) is 4.79 Å². The molecular formula is C32H29Br3O. The van der Waals surface area contributed by atoms with Crippen molar-refractivity contribution in [1.29, 1.82) is 0 Å². The molecule has 4 aliphatic rings. The predicted octanol–water partition coefficient (Wildman–Crippen LogP) is 10.3. The highest BCUT2D eigenvalue weighted by molar-refractivity contribution is 9.11. The van der Waals surface area contributed by atoms with Crippen LogP contribution in [-0.2, 0) is 18.3 Å². The fraction of sp³-hybridized carbons (Fsp3) is 0.281. The number of rotatable bonds is 0. The summed E-state index contributed by atoms with van der Waals surface area (Å²) in [7, 11) is 0. The molecule has 0 amide bonds. The zero-order valence-electron chi connectivity index (χ0n) is 20.2. The summed E-state index contributed by atoms with van der Waals surface area (Å²) in [5.41, 5.74) is 8.25. The van der Waals surface area contributed by atoms with Crippen LogP contribution >= 0.6 is 47.8 Å². The molecule has 1 fully saturated rings. The number of allylic oxidation sites excluding steroid dienone is 2. The van der Waals surface area contributed by atoms with Gasteiger partial charge in [0.05, 0.1) is 0 Å². The molecule has 4 aliphatic carbocycles. The van der Waals surface area contributed by atoms with E-state index in [-0.39, 0.29) is 5.78 Å². The van der Waals surface area contributed by atoms with Crippen molar-refractivity contribution in [2.45, 2.75) is 56.8 Å². The van der Waals surface area contributed by atoms with Crippen molar-refractivity contribution in [2.75, 3.05) is 0 Å². The summed E-state index contributed by atoms with van der Waals surface area (Å²) in [6.07, 6.45) is 18.7. The molecule has 7 rings (SSSR count). The van der Waals surface area contributed by atoms with Crippen molar-refractivity contribution >= 4 is 65.7 Å². The molecule has 0 saturated heterocycles. The Morgan fingerprint density at radius 1 is 0.667 bits per heavy atom. The summed E-state index contributed by atoms with van der Waals surface area (Å²) in [4.78, 5) is 11.2. The van der Waals surface area contributed by atoms with Crippen LogP contribution in [-0.4, -0.2) is 5.78 Å². The molecular weight excluding hydrogens is 640 g/mol. The van der Waals surface area contributed by atoms with Crippen molar-refractivity contribution in [3.8, 4) is 0 Å². The van der Waals surface area contributed by atoms with Gasteiger partial charge in [0.25, 0.3) is 0 Å². The molecule has 0 unspecified atom stereocenters. The molecule has 0 atom stereocenters. The van der Waals surface area contributed by atoms with E-state index in [1.165, 1.54) is 63.3 Å². The van der Waals surface area contributed by atoms with E-state index in [1.54, 1.807) is 5.56 Å². The zero-order chi connectivity index (χ0) is 25.1. The first-order valence-electron chi connectivity index (χ1n) is 12.7. The van der Waals surface area contributed by atoms with Crippen LogP contribution in [0.25, 0.3) is 12.2 Å². The molecule has 0 aromatic heterocycles. The van der Waals surface area contributed by atoms with Gasteiger partial charge in [-0.2, -0.15) is 0 Å². The lowest BCUT2D eigenvalue weighted by Gasteiger charge is -2.33. The van der Waals surface area contributed by atoms with Crippen molar-refractivity contribution in [3.05, 3.63) is 114 Å². The number of hydrogen-bond donors (Lipinski definition) is 0. The second-order valence-corrected chi connectivity index (χ2v) is 12.7. The normalized spacial score (nSPS) is 17.6. The van der Waals surface area contributed by atoms with Crippen molar-refractivity contribution in [1.82, 2.24) is 0 Å². The van der Waals surface area contributed by atoms with Gasteiger partial charge in [0.1, 0.15) is 0 Å². The fourth-order valence-electron chi connectivity index (χ4n) is 5.71. The van der Waals surface area contributed by atoms with E-state index in [4.69, 9.17) is 0 Å². The van der Waals surface area contributed by atoms with Gasteiger partial charge in [0, 0.05) is 30.8 Å². The Morgan fingerprint density at radius 2 is 1.33 bits per heavy atom. The van der Waals surface area contributed by atoms with Crippen LogP contribution in [0.5, 0.6) is 0 Å². The number of carbonyl (C=O) groups is 1.